The Hall–Kier alpha value is -2.75. The van der Waals surface area contributed by atoms with Crippen LogP contribution in [0.1, 0.15) is 53.2 Å². The predicted octanol–water partition coefficient (Wildman–Crippen LogP) is 5.26. The number of rotatable bonds is 4. The molecule has 0 spiro atoms. The van der Waals surface area contributed by atoms with Crippen molar-refractivity contribution in [3.8, 4) is 22.6 Å². The molecule has 0 aromatic heterocycles. The zero-order chi connectivity index (χ0) is 18.3. The molecule has 0 amide bonds. The van der Waals surface area contributed by atoms with Gasteiger partial charge in [0.05, 0.1) is 5.56 Å². The Morgan fingerprint density at radius 1 is 1.08 bits per heavy atom. The third-order valence-corrected chi connectivity index (χ3v) is 4.95. The number of hydrogen-bond acceptors (Lipinski definition) is 4. The maximum Gasteiger partial charge on any atom is 0.345 e. The van der Waals surface area contributed by atoms with Gasteiger partial charge >= 0.3 is 5.97 Å². The molecule has 4 nitrogen and oxygen atoms in total. The first-order valence-corrected chi connectivity index (χ1v) is 9.08. The van der Waals surface area contributed by atoms with Gasteiger partial charge < -0.3 is 14.2 Å². The van der Waals surface area contributed by atoms with Crippen LogP contribution in [0.5, 0.6) is 11.5 Å². The van der Waals surface area contributed by atoms with Gasteiger partial charge in [0.2, 0.25) is 6.79 Å². The van der Waals surface area contributed by atoms with Crippen LogP contribution in [0.2, 0.25) is 0 Å². The number of aryl methyl sites for hydroxylation is 2. The number of hydrogen-bond donors (Lipinski definition) is 0. The molecular weight excluding hydrogens is 328 g/mol. The SMILES string of the molecule is C=C1Oc2cc(CCCCC)c3c(c2-c2cc(C)ccc21)OCOC3=O. The molecule has 0 aliphatic carbocycles. The maximum absolute atomic E-state index is 12.5. The van der Waals surface area contributed by atoms with Crippen LogP contribution in [-0.2, 0) is 11.2 Å². The molecule has 2 aliphatic heterocycles. The molecule has 4 heteroatoms. The van der Waals surface area contributed by atoms with Crippen molar-refractivity contribution in [2.24, 2.45) is 0 Å². The highest BCUT2D eigenvalue weighted by Crippen LogP contribution is 2.50. The summed E-state index contributed by atoms with van der Waals surface area (Å²) in [5.41, 5.74) is 5.31. The van der Waals surface area contributed by atoms with E-state index < -0.39 is 0 Å². The molecule has 2 aromatic carbocycles. The molecule has 0 N–H and O–H groups in total. The van der Waals surface area contributed by atoms with Crippen LogP contribution in [0.3, 0.4) is 0 Å². The Morgan fingerprint density at radius 2 is 1.92 bits per heavy atom. The van der Waals surface area contributed by atoms with Gasteiger partial charge in [-0.2, -0.15) is 0 Å². The molecule has 0 radical (unpaired) electrons. The number of carbonyl (C=O) groups excluding carboxylic acids is 1. The van der Waals surface area contributed by atoms with E-state index >= 15 is 0 Å². The summed E-state index contributed by atoms with van der Waals surface area (Å²) >= 11 is 0. The molecule has 2 heterocycles. The number of ether oxygens (including phenoxy) is 3. The van der Waals surface area contributed by atoms with Crippen molar-refractivity contribution in [3.63, 3.8) is 0 Å². The summed E-state index contributed by atoms with van der Waals surface area (Å²) in [4.78, 5) is 12.5. The van der Waals surface area contributed by atoms with Gasteiger partial charge in [-0.25, -0.2) is 4.79 Å². The van der Waals surface area contributed by atoms with E-state index in [9.17, 15) is 4.79 Å². The summed E-state index contributed by atoms with van der Waals surface area (Å²) in [5, 5.41) is 0. The quantitative estimate of drug-likeness (QED) is 0.557. The minimum absolute atomic E-state index is 0.0707. The van der Waals surface area contributed by atoms with Crippen LogP contribution in [-0.4, -0.2) is 12.8 Å². The zero-order valence-electron chi connectivity index (χ0n) is 15.2. The number of unbranched alkanes of at least 4 members (excludes halogenated alkanes) is 2. The van der Waals surface area contributed by atoms with Crippen molar-refractivity contribution < 1.29 is 19.0 Å². The van der Waals surface area contributed by atoms with Gasteiger partial charge in [-0.05, 0) is 31.4 Å². The summed E-state index contributed by atoms with van der Waals surface area (Å²) in [7, 11) is 0. The number of fused-ring (bicyclic) bond motifs is 5. The monoisotopic (exact) mass is 350 g/mol. The third kappa shape index (κ3) is 2.66. The number of benzene rings is 2. The van der Waals surface area contributed by atoms with Crippen molar-refractivity contribution in [2.45, 2.75) is 39.5 Å². The van der Waals surface area contributed by atoms with Crippen molar-refractivity contribution >= 4 is 11.7 Å². The fourth-order valence-corrected chi connectivity index (χ4v) is 3.66. The van der Waals surface area contributed by atoms with Crippen molar-refractivity contribution in [1.82, 2.24) is 0 Å². The second-order valence-electron chi connectivity index (χ2n) is 6.84. The summed E-state index contributed by atoms with van der Waals surface area (Å²) in [6, 6.07) is 8.07. The van der Waals surface area contributed by atoms with Crippen molar-refractivity contribution in [2.75, 3.05) is 6.79 Å². The lowest BCUT2D eigenvalue weighted by Gasteiger charge is -2.29. The Labute approximate surface area is 153 Å². The standard InChI is InChI=1S/C22H22O4/c1-4-5-6-7-15-11-18-20(21-19(15)22(23)25-12-24-21)17-10-13(2)8-9-16(17)14(3)26-18/h8-11H,3-7,12H2,1-2H3. The summed E-state index contributed by atoms with van der Waals surface area (Å²) < 4.78 is 17.0. The molecular formula is C22H22O4. The van der Waals surface area contributed by atoms with E-state index in [2.05, 4.69) is 19.6 Å². The number of cyclic esters (lactones) is 1. The van der Waals surface area contributed by atoms with Gasteiger partial charge in [0.25, 0.3) is 0 Å². The molecule has 2 aromatic rings. The van der Waals surface area contributed by atoms with Gasteiger partial charge in [-0.15, -0.1) is 0 Å². The molecule has 0 atom stereocenters. The van der Waals surface area contributed by atoms with E-state index in [1.165, 1.54) is 0 Å². The summed E-state index contributed by atoms with van der Waals surface area (Å²) in [6.45, 7) is 8.19. The molecule has 0 saturated carbocycles. The molecule has 134 valence electrons. The number of carbonyl (C=O) groups is 1. The normalized spacial score (nSPS) is 14.5. The summed E-state index contributed by atoms with van der Waals surface area (Å²) in [6.07, 6.45) is 4.02. The second-order valence-corrected chi connectivity index (χ2v) is 6.84. The van der Waals surface area contributed by atoms with Crippen molar-refractivity contribution in [3.05, 3.63) is 53.1 Å². The van der Waals surface area contributed by atoms with Crippen LogP contribution in [0.25, 0.3) is 16.9 Å². The molecule has 2 aliphatic rings. The van der Waals surface area contributed by atoms with E-state index in [1.807, 2.05) is 25.1 Å². The fourth-order valence-electron chi connectivity index (χ4n) is 3.66. The first-order valence-electron chi connectivity index (χ1n) is 9.08. The maximum atomic E-state index is 12.5. The van der Waals surface area contributed by atoms with Crippen LogP contribution in [0.15, 0.2) is 30.8 Å². The molecule has 0 fully saturated rings. The molecule has 4 rings (SSSR count). The zero-order valence-corrected chi connectivity index (χ0v) is 15.2. The topological polar surface area (TPSA) is 44.8 Å². The molecule has 0 unspecified atom stereocenters. The van der Waals surface area contributed by atoms with Gasteiger partial charge in [0, 0.05) is 11.1 Å². The van der Waals surface area contributed by atoms with E-state index in [0.717, 1.165) is 53.5 Å². The summed E-state index contributed by atoms with van der Waals surface area (Å²) in [5.74, 6) is 1.57. The highest BCUT2D eigenvalue weighted by Gasteiger charge is 2.33. The Bertz CT molecular complexity index is 911. The molecule has 0 saturated heterocycles. The predicted molar refractivity (Wildman–Crippen MR) is 100 cm³/mol. The first-order chi connectivity index (χ1) is 12.6. The smallest absolute Gasteiger partial charge is 0.345 e. The van der Waals surface area contributed by atoms with Gasteiger partial charge in [0.15, 0.2) is 0 Å². The van der Waals surface area contributed by atoms with Crippen LogP contribution < -0.4 is 9.47 Å². The van der Waals surface area contributed by atoms with Gasteiger partial charge in [0.1, 0.15) is 22.8 Å². The van der Waals surface area contributed by atoms with Crippen LogP contribution in [0, 0.1) is 6.92 Å². The third-order valence-electron chi connectivity index (χ3n) is 4.95. The average Bonchev–Trinajstić information content (AvgIpc) is 2.61. The van der Waals surface area contributed by atoms with Crippen LogP contribution >= 0.6 is 0 Å². The van der Waals surface area contributed by atoms with E-state index in [4.69, 9.17) is 14.2 Å². The Morgan fingerprint density at radius 3 is 2.73 bits per heavy atom. The first kappa shape index (κ1) is 16.7. The average molecular weight is 350 g/mol. The highest BCUT2D eigenvalue weighted by atomic mass is 16.7. The second kappa shape index (κ2) is 6.52. The van der Waals surface area contributed by atoms with Gasteiger partial charge in [-0.1, -0.05) is 50.1 Å². The molecule has 0 bridgehead atoms. The van der Waals surface area contributed by atoms with Gasteiger partial charge in [-0.3, -0.25) is 0 Å². The Balaban J connectivity index is 1.94. The fraction of sp³-hybridized carbons (Fsp3) is 0.318. The largest absolute Gasteiger partial charge is 0.457 e. The van der Waals surface area contributed by atoms with Crippen molar-refractivity contribution in [1.29, 1.82) is 0 Å². The van der Waals surface area contributed by atoms with E-state index in [-0.39, 0.29) is 12.8 Å². The highest BCUT2D eigenvalue weighted by molar-refractivity contribution is 6.01. The van der Waals surface area contributed by atoms with Crippen LogP contribution in [0.4, 0.5) is 0 Å². The minimum Gasteiger partial charge on any atom is -0.457 e. The number of esters is 1. The molecule has 26 heavy (non-hydrogen) atoms. The lowest BCUT2D eigenvalue weighted by Crippen LogP contribution is -2.22. The lowest BCUT2D eigenvalue weighted by atomic mass is 9.88. The van der Waals surface area contributed by atoms with E-state index in [1.54, 1.807) is 0 Å². The van der Waals surface area contributed by atoms with E-state index in [0.29, 0.717) is 22.8 Å². The Kier molecular flexibility index (Phi) is 4.19. The lowest BCUT2D eigenvalue weighted by molar-refractivity contribution is 0.00486. The minimum atomic E-state index is -0.320.